The highest BCUT2D eigenvalue weighted by Crippen LogP contribution is 2.41. The third kappa shape index (κ3) is 3.56. The standard InChI is InChI=1S/C17H19N3O4/c21-15(22)17(14-7-8-14,12-20-10-4-9-18-20)19-16(23)24-11-13-5-2-1-3-6-13/h1-6,9-10,14H,7-8,11-12H2,(H,19,23)(H,21,22). The number of alkyl carbamates (subject to hydrolysis) is 1. The zero-order valence-corrected chi connectivity index (χ0v) is 13.1. The second-order valence-electron chi connectivity index (χ2n) is 5.94. The van der Waals surface area contributed by atoms with Gasteiger partial charge in [-0.15, -0.1) is 0 Å². The maximum atomic E-state index is 12.2. The Kier molecular flexibility index (Phi) is 4.50. The summed E-state index contributed by atoms with van der Waals surface area (Å²) < 4.78 is 6.71. The van der Waals surface area contributed by atoms with E-state index in [0.717, 1.165) is 18.4 Å². The van der Waals surface area contributed by atoms with Crippen molar-refractivity contribution in [2.24, 2.45) is 5.92 Å². The van der Waals surface area contributed by atoms with E-state index in [1.807, 2.05) is 30.3 Å². The molecule has 1 amide bonds. The van der Waals surface area contributed by atoms with Crippen LogP contribution in [0.4, 0.5) is 4.79 Å². The van der Waals surface area contributed by atoms with Gasteiger partial charge in [0.2, 0.25) is 0 Å². The Bertz CT molecular complexity index is 698. The van der Waals surface area contributed by atoms with E-state index in [-0.39, 0.29) is 19.1 Å². The fourth-order valence-corrected chi connectivity index (χ4v) is 2.73. The number of amides is 1. The van der Waals surface area contributed by atoms with Crippen LogP contribution in [0.1, 0.15) is 18.4 Å². The number of benzene rings is 1. The van der Waals surface area contributed by atoms with E-state index in [4.69, 9.17) is 4.74 Å². The summed E-state index contributed by atoms with van der Waals surface area (Å²) >= 11 is 0. The van der Waals surface area contributed by atoms with Gasteiger partial charge in [0.25, 0.3) is 0 Å². The van der Waals surface area contributed by atoms with Crippen LogP contribution in [0, 0.1) is 5.92 Å². The first-order valence-corrected chi connectivity index (χ1v) is 7.80. The topological polar surface area (TPSA) is 93.5 Å². The van der Waals surface area contributed by atoms with Gasteiger partial charge in [-0.2, -0.15) is 5.10 Å². The monoisotopic (exact) mass is 329 g/mol. The molecule has 24 heavy (non-hydrogen) atoms. The van der Waals surface area contributed by atoms with Crippen molar-refractivity contribution in [2.75, 3.05) is 0 Å². The zero-order chi connectivity index (χ0) is 17.0. The molecule has 1 saturated carbocycles. The van der Waals surface area contributed by atoms with Crippen LogP contribution in [0.3, 0.4) is 0 Å². The third-order valence-corrected chi connectivity index (χ3v) is 4.16. The van der Waals surface area contributed by atoms with Crippen LogP contribution in [0.2, 0.25) is 0 Å². The highest BCUT2D eigenvalue weighted by molar-refractivity contribution is 5.85. The smallest absolute Gasteiger partial charge is 0.408 e. The maximum Gasteiger partial charge on any atom is 0.408 e. The molecule has 1 heterocycles. The number of aliphatic carboxylic acids is 1. The number of hydrogen-bond acceptors (Lipinski definition) is 4. The van der Waals surface area contributed by atoms with Gasteiger partial charge in [-0.05, 0) is 30.4 Å². The SMILES string of the molecule is O=C(NC(Cn1cccn1)(C(=O)O)C1CC1)OCc1ccccc1. The van der Waals surface area contributed by atoms with Crippen LogP contribution in [0.15, 0.2) is 48.8 Å². The van der Waals surface area contributed by atoms with Crippen molar-refractivity contribution in [3.63, 3.8) is 0 Å². The Hall–Kier alpha value is -2.83. The molecule has 7 nitrogen and oxygen atoms in total. The molecule has 0 aliphatic heterocycles. The van der Waals surface area contributed by atoms with E-state index in [9.17, 15) is 14.7 Å². The molecule has 2 aromatic rings. The molecule has 1 atom stereocenters. The number of aromatic nitrogens is 2. The first kappa shape index (κ1) is 16.0. The molecular weight excluding hydrogens is 310 g/mol. The summed E-state index contributed by atoms with van der Waals surface area (Å²) in [6.07, 6.45) is 4.03. The summed E-state index contributed by atoms with van der Waals surface area (Å²) in [7, 11) is 0. The number of ether oxygens (including phenoxy) is 1. The van der Waals surface area contributed by atoms with Crippen molar-refractivity contribution in [3.05, 3.63) is 54.4 Å². The van der Waals surface area contributed by atoms with Crippen molar-refractivity contribution in [1.82, 2.24) is 15.1 Å². The Morgan fingerprint density at radius 2 is 2.04 bits per heavy atom. The van der Waals surface area contributed by atoms with Gasteiger partial charge in [0, 0.05) is 12.4 Å². The number of carbonyl (C=O) groups is 2. The van der Waals surface area contributed by atoms with E-state index in [1.54, 1.807) is 18.5 Å². The van der Waals surface area contributed by atoms with Crippen molar-refractivity contribution in [3.8, 4) is 0 Å². The third-order valence-electron chi connectivity index (χ3n) is 4.16. The second kappa shape index (κ2) is 6.74. The fraction of sp³-hybridized carbons (Fsp3) is 0.353. The minimum Gasteiger partial charge on any atom is -0.479 e. The predicted octanol–water partition coefficient (Wildman–Crippen LogP) is 2.04. The summed E-state index contributed by atoms with van der Waals surface area (Å²) in [5, 5.41) is 16.4. The van der Waals surface area contributed by atoms with E-state index >= 15 is 0 Å². The number of hydrogen-bond donors (Lipinski definition) is 2. The molecule has 0 radical (unpaired) electrons. The van der Waals surface area contributed by atoms with Crippen LogP contribution in [0.25, 0.3) is 0 Å². The number of carbonyl (C=O) groups excluding carboxylic acids is 1. The van der Waals surface area contributed by atoms with E-state index < -0.39 is 17.6 Å². The average molecular weight is 329 g/mol. The highest BCUT2D eigenvalue weighted by atomic mass is 16.5. The lowest BCUT2D eigenvalue weighted by molar-refractivity contribution is -0.146. The van der Waals surface area contributed by atoms with Gasteiger partial charge in [0.05, 0.1) is 6.54 Å². The molecule has 1 aliphatic rings. The van der Waals surface area contributed by atoms with Crippen molar-refractivity contribution < 1.29 is 19.4 Å². The van der Waals surface area contributed by atoms with Gasteiger partial charge in [0.15, 0.2) is 5.54 Å². The lowest BCUT2D eigenvalue weighted by atomic mass is 9.93. The van der Waals surface area contributed by atoms with E-state index in [2.05, 4.69) is 10.4 Å². The number of nitrogens with one attached hydrogen (secondary N) is 1. The summed E-state index contributed by atoms with van der Waals surface area (Å²) in [6, 6.07) is 11.0. The van der Waals surface area contributed by atoms with Crippen LogP contribution in [-0.4, -0.2) is 32.5 Å². The number of carboxylic acid groups (broad SMARTS) is 1. The Labute approximate surface area is 139 Å². The Morgan fingerprint density at radius 3 is 2.62 bits per heavy atom. The van der Waals surface area contributed by atoms with Crippen LogP contribution in [-0.2, 0) is 22.7 Å². The highest BCUT2D eigenvalue weighted by Gasteiger charge is 2.53. The largest absolute Gasteiger partial charge is 0.479 e. The fourth-order valence-electron chi connectivity index (χ4n) is 2.73. The molecule has 2 N–H and O–H groups in total. The molecule has 0 bridgehead atoms. The first-order valence-electron chi connectivity index (χ1n) is 7.80. The van der Waals surface area contributed by atoms with Gasteiger partial charge in [-0.1, -0.05) is 30.3 Å². The number of rotatable bonds is 7. The zero-order valence-electron chi connectivity index (χ0n) is 13.1. The number of nitrogens with zero attached hydrogens (tertiary/aromatic N) is 2. The summed E-state index contributed by atoms with van der Waals surface area (Å²) in [4.78, 5) is 24.1. The van der Waals surface area contributed by atoms with Gasteiger partial charge < -0.3 is 15.2 Å². The summed E-state index contributed by atoms with van der Waals surface area (Å²) in [6.45, 7) is 0.162. The minimum absolute atomic E-state index is 0.0699. The Morgan fingerprint density at radius 1 is 1.29 bits per heavy atom. The molecule has 1 aromatic heterocycles. The van der Waals surface area contributed by atoms with Gasteiger partial charge in [-0.25, -0.2) is 9.59 Å². The van der Waals surface area contributed by atoms with Gasteiger partial charge >= 0.3 is 12.1 Å². The average Bonchev–Trinajstić information content (AvgIpc) is 3.32. The van der Waals surface area contributed by atoms with Gasteiger partial charge in [0.1, 0.15) is 6.61 Å². The minimum atomic E-state index is -1.40. The molecule has 1 aliphatic carbocycles. The molecule has 7 heteroatoms. The Balaban J connectivity index is 1.69. The predicted molar refractivity (Wildman–Crippen MR) is 85.1 cm³/mol. The van der Waals surface area contributed by atoms with Crippen molar-refractivity contribution in [2.45, 2.75) is 31.5 Å². The lowest BCUT2D eigenvalue weighted by Gasteiger charge is -2.30. The van der Waals surface area contributed by atoms with Gasteiger partial charge in [-0.3, -0.25) is 4.68 Å². The van der Waals surface area contributed by atoms with E-state index in [1.165, 1.54) is 4.68 Å². The molecular formula is C17H19N3O4. The van der Waals surface area contributed by atoms with Crippen LogP contribution >= 0.6 is 0 Å². The van der Waals surface area contributed by atoms with Crippen LogP contribution < -0.4 is 5.32 Å². The van der Waals surface area contributed by atoms with Crippen molar-refractivity contribution in [1.29, 1.82) is 0 Å². The quantitative estimate of drug-likeness (QED) is 0.811. The lowest BCUT2D eigenvalue weighted by Crippen LogP contribution is -2.59. The normalized spacial score (nSPS) is 16.2. The molecule has 0 spiro atoms. The van der Waals surface area contributed by atoms with Crippen LogP contribution in [0.5, 0.6) is 0 Å². The van der Waals surface area contributed by atoms with E-state index in [0.29, 0.717) is 0 Å². The molecule has 1 fully saturated rings. The molecule has 0 saturated heterocycles. The summed E-state index contributed by atoms with van der Waals surface area (Å²) in [5.74, 6) is -1.19. The molecule has 1 unspecified atom stereocenters. The second-order valence-corrected chi connectivity index (χ2v) is 5.94. The molecule has 126 valence electrons. The first-order chi connectivity index (χ1) is 11.6. The molecule has 1 aromatic carbocycles. The number of carboxylic acids is 1. The van der Waals surface area contributed by atoms with Crippen molar-refractivity contribution >= 4 is 12.1 Å². The maximum absolute atomic E-state index is 12.2. The summed E-state index contributed by atoms with van der Waals surface area (Å²) in [5.41, 5.74) is -0.563. The molecule has 3 rings (SSSR count).